The zero-order valence-electron chi connectivity index (χ0n) is 24.7. The first kappa shape index (κ1) is 24.8. The van der Waals surface area contributed by atoms with Crippen molar-refractivity contribution in [3.8, 4) is 11.1 Å². The van der Waals surface area contributed by atoms with Gasteiger partial charge >= 0.3 is 0 Å². The van der Waals surface area contributed by atoms with Gasteiger partial charge in [0.05, 0.1) is 23.6 Å². The maximum Gasteiger partial charge on any atom is 0.209 e. The fourth-order valence-electron chi connectivity index (χ4n) is 7.87. The summed E-state index contributed by atoms with van der Waals surface area (Å²) in [6.07, 6.45) is 7.07. The van der Waals surface area contributed by atoms with Crippen LogP contribution < -0.4 is 10.2 Å². The van der Waals surface area contributed by atoms with Crippen LogP contribution in [0.2, 0.25) is 0 Å². The Balaban J connectivity index is 1.14. The lowest BCUT2D eigenvalue weighted by Gasteiger charge is -2.30. The fraction of sp³-hybridized carbons (Fsp3) is 0.125. The molecule has 1 aliphatic carbocycles. The molecule has 2 aliphatic heterocycles. The molecular weight excluding hydrogens is 552 g/mol. The van der Waals surface area contributed by atoms with Gasteiger partial charge < -0.3 is 14.6 Å². The number of fused-ring (bicyclic) bond motifs is 9. The van der Waals surface area contributed by atoms with Gasteiger partial charge in [-0.3, -0.25) is 4.57 Å². The molecular formula is C40H30N4O. The number of anilines is 2. The molecule has 5 heteroatoms. The van der Waals surface area contributed by atoms with E-state index in [9.17, 15) is 0 Å². The van der Waals surface area contributed by atoms with Crippen LogP contribution in [-0.2, 0) is 6.54 Å². The molecule has 5 aromatic carbocycles. The van der Waals surface area contributed by atoms with Crippen molar-refractivity contribution in [2.45, 2.75) is 31.3 Å². The molecule has 0 saturated heterocycles. The number of furan rings is 1. The molecule has 2 aromatic heterocycles. The Labute approximate surface area is 260 Å². The van der Waals surface area contributed by atoms with Crippen LogP contribution in [0.1, 0.15) is 30.1 Å². The lowest BCUT2D eigenvalue weighted by Crippen LogP contribution is -2.31. The molecule has 1 N–H and O–H groups in total. The molecule has 7 aromatic rings. The van der Waals surface area contributed by atoms with E-state index in [0.29, 0.717) is 18.5 Å². The molecule has 10 rings (SSSR count). The van der Waals surface area contributed by atoms with Crippen LogP contribution >= 0.6 is 0 Å². The number of rotatable bonds is 2. The molecule has 2 unspecified atom stereocenters. The molecule has 0 amide bonds. The van der Waals surface area contributed by atoms with Gasteiger partial charge in [-0.25, -0.2) is 4.99 Å². The van der Waals surface area contributed by atoms with E-state index in [4.69, 9.17) is 9.41 Å². The second-order valence-corrected chi connectivity index (χ2v) is 12.3. The number of hydrogen-bond donors (Lipinski definition) is 1. The van der Waals surface area contributed by atoms with Crippen molar-refractivity contribution in [1.82, 2.24) is 9.88 Å². The van der Waals surface area contributed by atoms with Crippen molar-refractivity contribution in [2.75, 3.05) is 4.90 Å². The highest BCUT2D eigenvalue weighted by Gasteiger charge is 2.38. The Morgan fingerprint density at radius 2 is 1.51 bits per heavy atom. The molecule has 216 valence electrons. The van der Waals surface area contributed by atoms with E-state index < -0.39 is 0 Å². The second-order valence-electron chi connectivity index (χ2n) is 12.3. The van der Waals surface area contributed by atoms with Crippen molar-refractivity contribution >= 4 is 55.8 Å². The van der Waals surface area contributed by atoms with E-state index in [2.05, 4.69) is 124 Å². The molecule has 0 fully saturated rings. The molecule has 3 aliphatic rings. The van der Waals surface area contributed by atoms with Gasteiger partial charge in [-0.2, -0.15) is 0 Å². The lowest BCUT2D eigenvalue weighted by atomic mass is 9.85. The molecule has 4 heterocycles. The minimum Gasteiger partial charge on any atom is -0.457 e. The minimum atomic E-state index is 0.357. The number of para-hydroxylation sites is 3. The summed E-state index contributed by atoms with van der Waals surface area (Å²) < 4.78 is 8.41. The first-order valence-corrected chi connectivity index (χ1v) is 15.8. The Morgan fingerprint density at radius 3 is 2.44 bits per heavy atom. The molecule has 0 spiro atoms. The lowest BCUT2D eigenvalue weighted by molar-refractivity contribution is 0.536. The normalized spacial score (nSPS) is 18.6. The van der Waals surface area contributed by atoms with Crippen LogP contribution in [-0.4, -0.2) is 16.6 Å². The Hall–Kier alpha value is -5.55. The molecule has 0 saturated carbocycles. The van der Waals surface area contributed by atoms with Gasteiger partial charge in [-0.15, -0.1) is 0 Å². The van der Waals surface area contributed by atoms with E-state index in [-0.39, 0.29) is 0 Å². The van der Waals surface area contributed by atoms with Crippen LogP contribution in [0.15, 0.2) is 137 Å². The third-order valence-corrected chi connectivity index (χ3v) is 9.89. The van der Waals surface area contributed by atoms with Crippen LogP contribution in [0.25, 0.3) is 43.9 Å². The summed E-state index contributed by atoms with van der Waals surface area (Å²) in [6, 6.07) is 41.9. The minimum absolute atomic E-state index is 0.357. The number of nitrogens with one attached hydrogen (secondary N) is 1. The SMILES string of the molecule is C1=CC2C(CC1)c1cc(-c3ccc4c5ccccc5n(C5=Nc6c(oc7ccccc67)CN5)c4c3)ccc1N2c1ccccc1. The van der Waals surface area contributed by atoms with Gasteiger partial charge in [-0.1, -0.05) is 78.9 Å². The van der Waals surface area contributed by atoms with Gasteiger partial charge in [0.2, 0.25) is 5.96 Å². The van der Waals surface area contributed by atoms with Crippen molar-refractivity contribution in [3.63, 3.8) is 0 Å². The Bertz CT molecular complexity index is 2360. The van der Waals surface area contributed by atoms with E-state index in [0.717, 1.165) is 45.8 Å². The quantitative estimate of drug-likeness (QED) is 0.206. The number of hydrogen-bond acceptors (Lipinski definition) is 4. The number of benzene rings is 5. The fourth-order valence-corrected chi connectivity index (χ4v) is 7.87. The maximum absolute atomic E-state index is 6.13. The van der Waals surface area contributed by atoms with Crippen LogP contribution in [0.3, 0.4) is 0 Å². The Kier molecular flexibility index (Phi) is 5.23. The van der Waals surface area contributed by atoms with Crippen LogP contribution in [0.4, 0.5) is 17.1 Å². The van der Waals surface area contributed by atoms with Gasteiger partial charge in [0.1, 0.15) is 17.0 Å². The topological polar surface area (TPSA) is 45.7 Å². The summed E-state index contributed by atoms with van der Waals surface area (Å²) in [4.78, 5) is 7.70. The third kappa shape index (κ3) is 3.64. The summed E-state index contributed by atoms with van der Waals surface area (Å²) in [5.74, 6) is 2.18. The monoisotopic (exact) mass is 582 g/mol. The molecule has 0 radical (unpaired) electrons. The molecule has 45 heavy (non-hydrogen) atoms. The summed E-state index contributed by atoms with van der Waals surface area (Å²) in [5.41, 5.74) is 10.5. The van der Waals surface area contributed by atoms with Gasteiger partial charge in [0.25, 0.3) is 0 Å². The number of aliphatic imine (C=N–C) groups is 1. The number of nitrogens with zero attached hydrogens (tertiary/aromatic N) is 3. The van der Waals surface area contributed by atoms with E-state index >= 15 is 0 Å². The summed E-state index contributed by atoms with van der Waals surface area (Å²) in [5, 5.41) is 7.06. The van der Waals surface area contributed by atoms with Crippen LogP contribution in [0, 0.1) is 0 Å². The Morgan fingerprint density at radius 1 is 0.733 bits per heavy atom. The average molecular weight is 583 g/mol. The first-order chi connectivity index (χ1) is 22.3. The van der Waals surface area contributed by atoms with Crippen LogP contribution in [0.5, 0.6) is 0 Å². The molecule has 2 atom stereocenters. The summed E-state index contributed by atoms with van der Waals surface area (Å²) in [6.45, 7) is 0.594. The number of allylic oxidation sites excluding steroid dienone is 1. The standard InChI is InChI=1S/C40H30N4O/c1-2-10-27(11-3-1)43-33-15-7-5-13-29(33)32-22-25(19-21-35(32)43)26-18-20-30-28-12-4-8-16-34(28)44(36(30)23-26)40-41-24-38-39(42-40)31-14-6-9-17-37(31)45-38/h1-4,6-12,14-23,29,33H,5,13,24H2,(H,41,42). The summed E-state index contributed by atoms with van der Waals surface area (Å²) >= 11 is 0. The third-order valence-electron chi connectivity index (χ3n) is 9.89. The van der Waals surface area contributed by atoms with Crippen molar-refractivity contribution in [3.05, 3.63) is 139 Å². The zero-order chi connectivity index (χ0) is 29.5. The van der Waals surface area contributed by atoms with E-state index in [1.807, 2.05) is 18.2 Å². The largest absolute Gasteiger partial charge is 0.457 e. The predicted molar refractivity (Wildman–Crippen MR) is 184 cm³/mol. The predicted octanol–water partition coefficient (Wildman–Crippen LogP) is 9.80. The van der Waals surface area contributed by atoms with Crippen molar-refractivity contribution < 1.29 is 4.42 Å². The molecule has 0 bridgehead atoms. The second kappa shape index (κ2) is 9.47. The first-order valence-electron chi connectivity index (χ1n) is 15.8. The van der Waals surface area contributed by atoms with Gasteiger partial charge in [-0.05, 0) is 78.1 Å². The average Bonchev–Trinajstić information content (AvgIpc) is 3.75. The zero-order valence-corrected chi connectivity index (χ0v) is 24.7. The maximum atomic E-state index is 6.13. The smallest absolute Gasteiger partial charge is 0.209 e. The van der Waals surface area contributed by atoms with Crippen molar-refractivity contribution in [2.24, 2.45) is 4.99 Å². The molecule has 5 nitrogen and oxygen atoms in total. The summed E-state index contributed by atoms with van der Waals surface area (Å²) in [7, 11) is 0. The van der Waals surface area contributed by atoms with Crippen molar-refractivity contribution in [1.29, 1.82) is 0 Å². The van der Waals surface area contributed by atoms with E-state index in [1.165, 1.54) is 45.3 Å². The highest BCUT2D eigenvalue weighted by atomic mass is 16.3. The highest BCUT2D eigenvalue weighted by Crippen LogP contribution is 2.50. The van der Waals surface area contributed by atoms with Gasteiger partial charge in [0.15, 0.2) is 0 Å². The number of aromatic nitrogens is 1. The highest BCUT2D eigenvalue weighted by molar-refractivity contribution is 6.15. The van der Waals surface area contributed by atoms with Gasteiger partial charge in [0, 0.05) is 33.5 Å². The van der Waals surface area contributed by atoms with E-state index in [1.54, 1.807) is 0 Å².